The Morgan fingerprint density at radius 2 is 2.17 bits per heavy atom. The van der Waals surface area contributed by atoms with Crippen LogP contribution in [0.5, 0.6) is 0 Å². The van der Waals surface area contributed by atoms with Crippen LogP contribution in [0.3, 0.4) is 0 Å². The predicted octanol–water partition coefficient (Wildman–Crippen LogP) is 5.06. The summed E-state index contributed by atoms with van der Waals surface area (Å²) in [4.78, 5) is 4.32. The van der Waals surface area contributed by atoms with Gasteiger partial charge in [-0.25, -0.2) is 0 Å². The van der Waals surface area contributed by atoms with Gasteiger partial charge in [0.05, 0.1) is 0 Å². The van der Waals surface area contributed by atoms with Crippen molar-refractivity contribution < 1.29 is 0 Å². The van der Waals surface area contributed by atoms with E-state index in [0.717, 1.165) is 6.54 Å². The van der Waals surface area contributed by atoms with Crippen LogP contribution in [0.15, 0.2) is 23.6 Å². The van der Waals surface area contributed by atoms with E-state index in [1.54, 1.807) is 0 Å². The van der Waals surface area contributed by atoms with Gasteiger partial charge in [0.15, 0.2) is 0 Å². The molecular formula is C15H21NS2. The molecule has 0 spiro atoms. The second-order valence-electron chi connectivity index (χ2n) is 4.68. The first-order chi connectivity index (χ1) is 8.70. The molecule has 1 atom stereocenters. The summed E-state index contributed by atoms with van der Waals surface area (Å²) in [5.41, 5.74) is 1.45. The highest BCUT2D eigenvalue weighted by molar-refractivity contribution is 7.12. The third kappa shape index (κ3) is 3.44. The van der Waals surface area contributed by atoms with E-state index >= 15 is 0 Å². The number of thiophene rings is 2. The first-order valence-corrected chi connectivity index (χ1v) is 8.23. The summed E-state index contributed by atoms with van der Waals surface area (Å²) in [6, 6.07) is 7.20. The standard InChI is InChI=1S/C15H21NS2/c1-4-6-14(15-7-5-8-17-15)16-10-13-9-11(2)18-12(13)3/h5,7-9,14,16H,4,6,10H2,1-3H3. The van der Waals surface area contributed by atoms with Crippen molar-refractivity contribution in [1.82, 2.24) is 5.32 Å². The van der Waals surface area contributed by atoms with Crippen molar-refractivity contribution in [1.29, 1.82) is 0 Å². The van der Waals surface area contributed by atoms with E-state index in [2.05, 4.69) is 49.7 Å². The molecule has 1 unspecified atom stereocenters. The van der Waals surface area contributed by atoms with E-state index < -0.39 is 0 Å². The lowest BCUT2D eigenvalue weighted by molar-refractivity contribution is 0.500. The molecule has 2 aromatic rings. The van der Waals surface area contributed by atoms with Crippen LogP contribution in [0.2, 0.25) is 0 Å². The van der Waals surface area contributed by atoms with Gasteiger partial charge in [0, 0.05) is 27.2 Å². The maximum Gasteiger partial charge on any atom is 0.0417 e. The normalized spacial score (nSPS) is 12.8. The Hall–Kier alpha value is -0.640. The highest BCUT2D eigenvalue weighted by Crippen LogP contribution is 2.25. The summed E-state index contributed by atoms with van der Waals surface area (Å²) in [7, 11) is 0. The molecule has 0 aliphatic heterocycles. The van der Waals surface area contributed by atoms with Gasteiger partial charge in [0.1, 0.15) is 0 Å². The van der Waals surface area contributed by atoms with Crippen molar-refractivity contribution in [3.05, 3.63) is 43.8 Å². The average molecular weight is 279 g/mol. The Morgan fingerprint density at radius 1 is 1.33 bits per heavy atom. The number of nitrogens with one attached hydrogen (secondary N) is 1. The second-order valence-corrected chi connectivity index (χ2v) is 7.12. The van der Waals surface area contributed by atoms with Gasteiger partial charge < -0.3 is 5.32 Å². The Labute approximate surface area is 118 Å². The van der Waals surface area contributed by atoms with E-state index in [1.807, 2.05) is 22.7 Å². The smallest absolute Gasteiger partial charge is 0.0417 e. The van der Waals surface area contributed by atoms with Gasteiger partial charge in [-0.2, -0.15) is 0 Å². The highest BCUT2D eigenvalue weighted by atomic mass is 32.1. The molecule has 0 bridgehead atoms. The molecule has 0 saturated heterocycles. The molecule has 18 heavy (non-hydrogen) atoms. The minimum absolute atomic E-state index is 0.509. The fourth-order valence-electron chi connectivity index (χ4n) is 2.22. The van der Waals surface area contributed by atoms with Crippen molar-refractivity contribution >= 4 is 22.7 Å². The quantitative estimate of drug-likeness (QED) is 0.779. The first-order valence-electron chi connectivity index (χ1n) is 6.53. The minimum Gasteiger partial charge on any atom is -0.305 e. The second kappa shape index (κ2) is 6.50. The number of hydrogen-bond acceptors (Lipinski definition) is 3. The Bertz CT molecular complexity index is 471. The zero-order valence-corrected chi connectivity index (χ0v) is 13.0. The summed E-state index contributed by atoms with van der Waals surface area (Å²) in [6.45, 7) is 7.64. The van der Waals surface area contributed by atoms with Crippen LogP contribution in [0, 0.1) is 13.8 Å². The van der Waals surface area contributed by atoms with Crippen LogP contribution in [0.1, 0.15) is 46.0 Å². The van der Waals surface area contributed by atoms with E-state index in [1.165, 1.54) is 33.0 Å². The van der Waals surface area contributed by atoms with Gasteiger partial charge in [-0.15, -0.1) is 22.7 Å². The molecule has 2 aromatic heterocycles. The van der Waals surface area contributed by atoms with Crippen molar-refractivity contribution in [2.24, 2.45) is 0 Å². The lowest BCUT2D eigenvalue weighted by Gasteiger charge is -2.16. The van der Waals surface area contributed by atoms with E-state index in [-0.39, 0.29) is 0 Å². The molecule has 3 heteroatoms. The third-order valence-electron chi connectivity index (χ3n) is 3.15. The fourth-order valence-corrected chi connectivity index (χ4v) is 4.00. The molecule has 2 rings (SSSR count). The molecule has 1 nitrogen and oxygen atoms in total. The summed E-state index contributed by atoms with van der Waals surface area (Å²) in [6.07, 6.45) is 2.43. The maximum absolute atomic E-state index is 3.71. The highest BCUT2D eigenvalue weighted by Gasteiger charge is 2.12. The van der Waals surface area contributed by atoms with Crippen molar-refractivity contribution in [3.63, 3.8) is 0 Å². The van der Waals surface area contributed by atoms with Crippen LogP contribution in [-0.2, 0) is 6.54 Å². The Balaban J connectivity index is 2.00. The molecule has 0 fully saturated rings. The van der Waals surface area contributed by atoms with Crippen molar-refractivity contribution in [2.45, 2.75) is 46.2 Å². The molecule has 1 N–H and O–H groups in total. The molecule has 0 saturated carbocycles. The van der Waals surface area contributed by atoms with Gasteiger partial charge >= 0.3 is 0 Å². The summed E-state index contributed by atoms with van der Waals surface area (Å²) in [5.74, 6) is 0. The molecule has 98 valence electrons. The van der Waals surface area contributed by atoms with Crippen LogP contribution in [0.25, 0.3) is 0 Å². The van der Waals surface area contributed by atoms with Gasteiger partial charge in [-0.3, -0.25) is 0 Å². The summed E-state index contributed by atoms with van der Waals surface area (Å²) in [5, 5.41) is 5.88. The van der Waals surface area contributed by atoms with Crippen molar-refractivity contribution in [2.75, 3.05) is 0 Å². The molecule has 0 aliphatic rings. The molecule has 0 radical (unpaired) electrons. The van der Waals surface area contributed by atoms with E-state index in [9.17, 15) is 0 Å². The van der Waals surface area contributed by atoms with Gasteiger partial charge in [0.2, 0.25) is 0 Å². The van der Waals surface area contributed by atoms with Gasteiger partial charge in [-0.1, -0.05) is 19.4 Å². The Morgan fingerprint density at radius 3 is 2.72 bits per heavy atom. The summed E-state index contributed by atoms with van der Waals surface area (Å²) >= 11 is 3.75. The third-order valence-corrected chi connectivity index (χ3v) is 5.14. The van der Waals surface area contributed by atoms with Crippen LogP contribution in [0.4, 0.5) is 0 Å². The van der Waals surface area contributed by atoms with Crippen LogP contribution in [-0.4, -0.2) is 0 Å². The molecule has 0 aromatic carbocycles. The fraction of sp³-hybridized carbons (Fsp3) is 0.467. The number of aryl methyl sites for hydroxylation is 2. The SMILES string of the molecule is CCCC(NCc1cc(C)sc1C)c1cccs1. The van der Waals surface area contributed by atoms with Crippen LogP contribution < -0.4 is 5.32 Å². The predicted molar refractivity (Wildman–Crippen MR) is 82.6 cm³/mol. The Kier molecular flexibility index (Phi) is 4.98. The molecule has 0 amide bonds. The minimum atomic E-state index is 0.509. The topological polar surface area (TPSA) is 12.0 Å². The van der Waals surface area contributed by atoms with E-state index in [4.69, 9.17) is 0 Å². The number of rotatable bonds is 6. The van der Waals surface area contributed by atoms with Gasteiger partial charge in [-0.05, 0) is 43.3 Å². The number of hydrogen-bond donors (Lipinski definition) is 1. The maximum atomic E-state index is 3.71. The van der Waals surface area contributed by atoms with Crippen molar-refractivity contribution in [3.8, 4) is 0 Å². The lowest BCUT2D eigenvalue weighted by Crippen LogP contribution is -2.20. The largest absolute Gasteiger partial charge is 0.305 e. The molecule has 2 heterocycles. The molecule has 0 aliphatic carbocycles. The van der Waals surface area contributed by atoms with Gasteiger partial charge in [0.25, 0.3) is 0 Å². The van der Waals surface area contributed by atoms with Crippen LogP contribution >= 0.6 is 22.7 Å². The first kappa shape index (κ1) is 13.8. The zero-order valence-electron chi connectivity index (χ0n) is 11.3. The lowest BCUT2D eigenvalue weighted by atomic mass is 10.1. The van der Waals surface area contributed by atoms with E-state index in [0.29, 0.717) is 6.04 Å². The zero-order chi connectivity index (χ0) is 13.0. The molecular weight excluding hydrogens is 258 g/mol. The monoisotopic (exact) mass is 279 g/mol. The average Bonchev–Trinajstić information content (AvgIpc) is 2.95. The summed E-state index contributed by atoms with van der Waals surface area (Å²) < 4.78 is 0.